The fourth-order valence-corrected chi connectivity index (χ4v) is 3.17. The lowest BCUT2D eigenvalue weighted by Gasteiger charge is -2.12. The van der Waals surface area contributed by atoms with Gasteiger partial charge < -0.3 is 10.5 Å². The molecular formula is C22H17ClN6O. The third-order valence-corrected chi connectivity index (χ3v) is 4.87. The quantitative estimate of drug-likeness (QED) is 0.519. The highest BCUT2D eigenvalue weighted by Crippen LogP contribution is 2.35. The first kappa shape index (κ1) is 19.6. The van der Waals surface area contributed by atoms with Gasteiger partial charge in [-0.05, 0) is 36.4 Å². The first-order valence-corrected chi connectivity index (χ1v) is 9.49. The second kappa shape index (κ2) is 8.33. The van der Waals surface area contributed by atoms with E-state index in [0.29, 0.717) is 45.7 Å². The Labute approximate surface area is 178 Å². The summed E-state index contributed by atoms with van der Waals surface area (Å²) in [6, 6.07) is 16.4. The standard InChI is InChI=1S/C22H17ClN6O/c1-29-22(10-20(28-29)18-4-2-3-7-26-18)30-21-8-14(11-24)5-6-16(21)19-9-17(23)15(12-25)13-27-19/h2-10,13H,12,25H2,1H3. The summed E-state index contributed by atoms with van der Waals surface area (Å²) in [5.41, 5.74) is 9.62. The van der Waals surface area contributed by atoms with Crippen LogP contribution in [0.2, 0.25) is 5.02 Å². The maximum absolute atomic E-state index is 9.33. The molecule has 7 nitrogen and oxygen atoms in total. The highest BCUT2D eigenvalue weighted by atomic mass is 35.5. The third-order valence-electron chi connectivity index (χ3n) is 4.51. The number of hydrogen-bond acceptors (Lipinski definition) is 6. The van der Waals surface area contributed by atoms with Crippen molar-refractivity contribution in [2.24, 2.45) is 12.8 Å². The van der Waals surface area contributed by atoms with Crippen molar-refractivity contribution in [1.29, 1.82) is 5.26 Å². The molecule has 0 radical (unpaired) electrons. The van der Waals surface area contributed by atoms with Gasteiger partial charge in [0.05, 0.1) is 23.0 Å². The SMILES string of the molecule is Cn1nc(-c2ccccn2)cc1Oc1cc(C#N)ccc1-c1cc(Cl)c(CN)cn1. The Hall–Kier alpha value is -3.73. The lowest BCUT2D eigenvalue weighted by atomic mass is 10.1. The number of aromatic nitrogens is 4. The van der Waals surface area contributed by atoms with Gasteiger partial charge in [-0.3, -0.25) is 9.97 Å². The molecule has 0 spiro atoms. The molecule has 3 heterocycles. The number of nitrogens with two attached hydrogens (primary N) is 1. The van der Waals surface area contributed by atoms with Crippen molar-refractivity contribution in [3.63, 3.8) is 0 Å². The number of ether oxygens (including phenoxy) is 1. The molecule has 0 saturated carbocycles. The Morgan fingerprint density at radius 1 is 1.10 bits per heavy atom. The van der Waals surface area contributed by atoms with E-state index in [1.807, 2.05) is 18.2 Å². The normalized spacial score (nSPS) is 10.6. The number of pyridine rings is 2. The van der Waals surface area contributed by atoms with E-state index in [0.717, 1.165) is 11.3 Å². The second-order valence-electron chi connectivity index (χ2n) is 6.50. The van der Waals surface area contributed by atoms with Crippen LogP contribution in [0.1, 0.15) is 11.1 Å². The van der Waals surface area contributed by atoms with Gasteiger partial charge in [0.1, 0.15) is 11.4 Å². The van der Waals surface area contributed by atoms with Crippen LogP contribution in [0.3, 0.4) is 0 Å². The van der Waals surface area contributed by atoms with Crippen molar-refractivity contribution >= 4 is 11.6 Å². The number of rotatable bonds is 5. The monoisotopic (exact) mass is 416 g/mol. The topological polar surface area (TPSA) is 103 Å². The van der Waals surface area contributed by atoms with E-state index in [1.165, 1.54) is 0 Å². The molecule has 0 amide bonds. The summed E-state index contributed by atoms with van der Waals surface area (Å²) in [7, 11) is 1.78. The molecule has 148 valence electrons. The Kier molecular flexibility index (Phi) is 5.44. The van der Waals surface area contributed by atoms with E-state index in [-0.39, 0.29) is 0 Å². The number of nitriles is 1. The third kappa shape index (κ3) is 3.87. The van der Waals surface area contributed by atoms with Crippen LogP contribution in [0, 0.1) is 11.3 Å². The van der Waals surface area contributed by atoms with Gasteiger partial charge in [-0.15, -0.1) is 0 Å². The average molecular weight is 417 g/mol. The van der Waals surface area contributed by atoms with Crippen molar-refractivity contribution < 1.29 is 4.74 Å². The summed E-state index contributed by atoms with van der Waals surface area (Å²) in [6.45, 7) is 0.300. The van der Waals surface area contributed by atoms with E-state index in [1.54, 1.807) is 54.5 Å². The molecule has 0 atom stereocenters. The molecule has 1 aromatic carbocycles. The second-order valence-corrected chi connectivity index (χ2v) is 6.90. The summed E-state index contributed by atoms with van der Waals surface area (Å²) >= 11 is 6.31. The van der Waals surface area contributed by atoms with Gasteiger partial charge in [0.25, 0.3) is 0 Å². The van der Waals surface area contributed by atoms with E-state index >= 15 is 0 Å². The molecule has 4 aromatic rings. The van der Waals surface area contributed by atoms with Gasteiger partial charge >= 0.3 is 0 Å². The van der Waals surface area contributed by atoms with Gasteiger partial charge in [-0.1, -0.05) is 17.7 Å². The van der Waals surface area contributed by atoms with Crippen molar-refractivity contribution in [2.75, 3.05) is 0 Å². The van der Waals surface area contributed by atoms with Gasteiger partial charge in [-0.25, -0.2) is 4.68 Å². The van der Waals surface area contributed by atoms with Gasteiger partial charge in [0, 0.05) is 48.2 Å². The Balaban J connectivity index is 1.75. The minimum absolute atomic E-state index is 0.300. The molecule has 3 aromatic heterocycles. The molecule has 0 fully saturated rings. The summed E-state index contributed by atoms with van der Waals surface area (Å²) in [6.07, 6.45) is 3.35. The highest BCUT2D eigenvalue weighted by molar-refractivity contribution is 6.31. The molecular weight excluding hydrogens is 400 g/mol. The highest BCUT2D eigenvalue weighted by Gasteiger charge is 2.15. The molecule has 8 heteroatoms. The molecule has 30 heavy (non-hydrogen) atoms. The van der Waals surface area contributed by atoms with Crippen LogP contribution in [0.15, 0.2) is 60.9 Å². The molecule has 0 bridgehead atoms. The summed E-state index contributed by atoms with van der Waals surface area (Å²) in [5, 5.41) is 14.3. The van der Waals surface area contributed by atoms with Crippen LogP contribution in [-0.2, 0) is 13.6 Å². The Bertz CT molecular complexity index is 1250. The number of halogens is 1. The largest absolute Gasteiger partial charge is 0.439 e. The molecule has 0 aliphatic carbocycles. The molecule has 4 rings (SSSR count). The van der Waals surface area contributed by atoms with Crippen LogP contribution in [0.4, 0.5) is 0 Å². The van der Waals surface area contributed by atoms with Crippen molar-refractivity contribution in [3.05, 3.63) is 77.1 Å². The number of benzene rings is 1. The zero-order valence-electron chi connectivity index (χ0n) is 16.1. The zero-order chi connectivity index (χ0) is 21.1. The average Bonchev–Trinajstić information content (AvgIpc) is 3.14. The lowest BCUT2D eigenvalue weighted by Crippen LogP contribution is -2.00. The number of aryl methyl sites for hydroxylation is 1. The predicted molar refractivity (Wildman–Crippen MR) is 114 cm³/mol. The van der Waals surface area contributed by atoms with Gasteiger partial charge in [0.15, 0.2) is 0 Å². The number of hydrogen-bond donors (Lipinski definition) is 1. The Morgan fingerprint density at radius 3 is 2.67 bits per heavy atom. The van der Waals surface area contributed by atoms with Crippen LogP contribution in [-0.4, -0.2) is 19.7 Å². The molecule has 0 unspecified atom stereocenters. The van der Waals surface area contributed by atoms with Gasteiger partial charge in [0.2, 0.25) is 5.88 Å². The van der Waals surface area contributed by atoms with Gasteiger partial charge in [-0.2, -0.15) is 10.4 Å². The number of nitrogens with zero attached hydrogens (tertiary/aromatic N) is 5. The van der Waals surface area contributed by atoms with E-state index in [2.05, 4.69) is 21.1 Å². The van der Waals surface area contributed by atoms with Crippen molar-refractivity contribution in [3.8, 4) is 40.3 Å². The lowest BCUT2D eigenvalue weighted by molar-refractivity contribution is 0.432. The van der Waals surface area contributed by atoms with Crippen LogP contribution in [0.5, 0.6) is 11.6 Å². The Morgan fingerprint density at radius 2 is 1.97 bits per heavy atom. The molecule has 2 N–H and O–H groups in total. The minimum atomic E-state index is 0.300. The molecule has 0 saturated heterocycles. The zero-order valence-corrected chi connectivity index (χ0v) is 16.8. The van der Waals surface area contributed by atoms with Crippen LogP contribution >= 0.6 is 11.6 Å². The first-order valence-electron chi connectivity index (χ1n) is 9.11. The summed E-state index contributed by atoms with van der Waals surface area (Å²) in [5.74, 6) is 0.963. The maximum atomic E-state index is 9.33. The maximum Gasteiger partial charge on any atom is 0.218 e. The summed E-state index contributed by atoms with van der Waals surface area (Å²) in [4.78, 5) is 8.77. The van der Waals surface area contributed by atoms with E-state index < -0.39 is 0 Å². The van der Waals surface area contributed by atoms with Crippen molar-refractivity contribution in [1.82, 2.24) is 19.7 Å². The smallest absolute Gasteiger partial charge is 0.218 e. The fraction of sp³-hybridized carbons (Fsp3) is 0.0909. The van der Waals surface area contributed by atoms with E-state index in [4.69, 9.17) is 22.1 Å². The molecule has 0 aliphatic rings. The first-order chi connectivity index (χ1) is 14.6. The van der Waals surface area contributed by atoms with Crippen LogP contribution < -0.4 is 10.5 Å². The predicted octanol–water partition coefficient (Wildman–Crippen LogP) is 4.32. The summed E-state index contributed by atoms with van der Waals surface area (Å²) < 4.78 is 7.77. The minimum Gasteiger partial charge on any atom is -0.439 e. The van der Waals surface area contributed by atoms with E-state index in [9.17, 15) is 5.26 Å². The van der Waals surface area contributed by atoms with Crippen LogP contribution in [0.25, 0.3) is 22.6 Å². The van der Waals surface area contributed by atoms with Crippen molar-refractivity contribution in [2.45, 2.75) is 6.54 Å². The fourth-order valence-electron chi connectivity index (χ4n) is 2.94. The molecule has 0 aliphatic heterocycles.